The topological polar surface area (TPSA) is 54.9 Å². The Kier molecular flexibility index (Phi) is 3.93. The predicted octanol–water partition coefficient (Wildman–Crippen LogP) is 4.24. The highest BCUT2D eigenvalue weighted by Crippen LogP contribution is 2.33. The van der Waals surface area contributed by atoms with Gasteiger partial charge >= 0.3 is 0 Å². The van der Waals surface area contributed by atoms with Crippen LogP contribution in [0.15, 0.2) is 23.8 Å². The maximum absolute atomic E-state index is 10.6. The van der Waals surface area contributed by atoms with Crippen LogP contribution < -0.4 is 5.32 Å². The van der Waals surface area contributed by atoms with Crippen LogP contribution in [0, 0.1) is 0 Å². The SMILES string of the molecule is O=CCc1ccc(C=Cc2csc3c(NC4CC4)ncnc23)s1. The summed E-state index contributed by atoms with van der Waals surface area (Å²) in [6.07, 6.45) is 9.68. The average molecular weight is 341 g/mol. The van der Waals surface area contributed by atoms with Crippen molar-refractivity contribution in [2.75, 3.05) is 5.32 Å². The maximum Gasteiger partial charge on any atom is 0.147 e. The quantitative estimate of drug-likeness (QED) is 0.681. The molecular weight excluding hydrogens is 326 g/mol. The fourth-order valence-corrected chi connectivity index (χ4v) is 4.16. The van der Waals surface area contributed by atoms with Crippen molar-refractivity contribution in [3.8, 4) is 0 Å². The summed E-state index contributed by atoms with van der Waals surface area (Å²) in [5.41, 5.74) is 2.10. The molecule has 3 aromatic heterocycles. The van der Waals surface area contributed by atoms with Crippen LogP contribution in [0.25, 0.3) is 22.4 Å². The molecule has 0 radical (unpaired) electrons. The van der Waals surface area contributed by atoms with Crippen LogP contribution in [0.1, 0.15) is 28.2 Å². The number of thiophene rings is 2. The maximum atomic E-state index is 10.6. The van der Waals surface area contributed by atoms with E-state index >= 15 is 0 Å². The van der Waals surface area contributed by atoms with Crippen molar-refractivity contribution in [1.82, 2.24) is 9.97 Å². The van der Waals surface area contributed by atoms with E-state index < -0.39 is 0 Å². The van der Waals surface area contributed by atoms with Crippen molar-refractivity contribution in [1.29, 1.82) is 0 Å². The van der Waals surface area contributed by atoms with Gasteiger partial charge in [0.05, 0.1) is 10.2 Å². The van der Waals surface area contributed by atoms with E-state index in [-0.39, 0.29) is 0 Å². The van der Waals surface area contributed by atoms with Crippen molar-refractivity contribution in [3.05, 3.63) is 39.2 Å². The van der Waals surface area contributed by atoms with Gasteiger partial charge in [-0.3, -0.25) is 0 Å². The lowest BCUT2D eigenvalue weighted by Gasteiger charge is -2.03. The van der Waals surface area contributed by atoms with Crippen LogP contribution in [-0.2, 0) is 11.2 Å². The Morgan fingerprint density at radius 1 is 1.26 bits per heavy atom. The Balaban J connectivity index is 1.60. The molecule has 1 saturated carbocycles. The molecule has 4 nitrogen and oxygen atoms in total. The standard InChI is InChI=1S/C17H15N3OS2/c21-8-7-14-6-5-13(23-14)4-1-11-9-22-16-15(11)18-10-19-17(16)20-12-2-3-12/h1,4-6,8-10,12H,2-3,7H2,(H,18,19,20). The third-order valence-electron chi connectivity index (χ3n) is 3.69. The first kappa shape index (κ1) is 14.5. The number of aldehydes is 1. The summed E-state index contributed by atoms with van der Waals surface area (Å²) in [5, 5.41) is 5.59. The molecule has 0 amide bonds. The molecule has 3 heterocycles. The molecule has 1 aliphatic carbocycles. The molecule has 0 aliphatic heterocycles. The van der Waals surface area contributed by atoms with Gasteiger partial charge in [-0.1, -0.05) is 6.08 Å². The van der Waals surface area contributed by atoms with Crippen molar-refractivity contribution >= 4 is 57.1 Å². The van der Waals surface area contributed by atoms with E-state index in [1.165, 1.54) is 12.8 Å². The minimum Gasteiger partial charge on any atom is -0.366 e. The number of nitrogens with one attached hydrogen (secondary N) is 1. The van der Waals surface area contributed by atoms with Gasteiger partial charge < -0.3 is 10.1 Å². The highest BCUT2D eigenvalue weighted by atomic mass is 32.1. The van der Waals surface area contributed by atoms with Crippen LogP contribution >= 0.6 is 22.7 Å². The second kappa shape index (κ2) is 6.22. The Labute approximate surface area is 141 Å². The monoisotopic (exact) mass is 341 g/mol. The number of rotatable bonds is 6. The van der Waals surface area contributed by atoms with Gasteiger partial charge in [0, 0.05) is 33.2 Å². The van der Waals surface area contributed by atoms with Crippen molar-refractivity contribution < 1.29 is 4.79 Å². The fourth-order valence-electron chi connectivity index (χ4n) is 2.36. The minimum absolute atomic E-state index is 0.489. The first-order chi connectivity index (χ1) is 11.3. The van der Waals surface area contributed by atoms with Gasteiger partial charge in [-0.2, -0.15) is 0 Å². The fraction of sp³-hybridized carbons (Fsp3) is 0.235. The number of fused-ring (bicyclic) bond motifs is 1. The number of carbonyl (C=O) groups is 1. The van der Waals surface area contributed by atoms with Crippen LogP contribution in [0.2, 0.25) is 0 Å². The molecule has 116 valence electrons. The van der Waals surface area contributed by atoms with Crippen molar-refractivity contribution in [2.24, 2.45) is 0 Å². The zero-order chi connectivity index (χ0) is 15.6. The molecule has 0 bridgehead atoms. The van der Waals surface area contributed by atoms with Gasteiger partial charge in [0.15, 0.2) is 0 Å². The lowest BCUT2D eigenvalue weighted by Crippen LogP contribution is -2.03. The zero-order valence-corrected chi connectivity index (χ0v) is 14.0. The summed E-state index contributed by atoms with van der Waals surface area (Å²) in [6, 6.07) is 4.63. The molecule has 0 saturated heterocycles. The Morgan fingerprint density at radius 2 is 2.17 bits per heavy atom. The summed E-state index contributed by atoms with van der Waals surface area (Å²) in [6.45, 7) is 0. The highest BCUT2D eigenvalue weighted by molar-refractivity contribution is 7.18. The molecule has 0 spiro atoms. The Morgan fingerprint density at radius 3 is 3.00 bits per heavy atom. The van der Waals surface area contributed by atoms with E-state index in [9.17, 15) is 4.79 Å². The van der Waals surface area contributed by atoms with E-state index in [0.717, 1.165) is 37.6 Å². The Bertz CT molecular complexity index is 877. The normalized spacial score (nSPS) is 14.6. The molecule has 0 aromatic carbocycles. The Hall–Kier alpha value is -2.05. The summed E-state index contributed by atoms with van der Waals surface area (Å²) in [5.74, 6) is 0.951. The zero-order valence-electron chi connectivity index (χ0n) is 12.4. The molecular formula is C17H15N3OS2. The van der Waals surface area contributed by atoms with Gasteiger partial charge in [-0.05, 0) is 31.1 Å². The average Bonchev–Trinajstić information content (AvgIpc) is 3.09. The van der Waals surface area contributed by atoms with Gasteiger partial charge in [0.1, 0.15) is 18.4 Å². The number of anilines is 1. The molecule has 1 N–H and O–H groups in total. The van der Waals surface area contributed by atoms with Crippen molar-refractivity contribution in [2.45, 2.75) is 25.3 Å². The first-order valence-electron chi connectivity index (χ1n) is 7.52. The van der Waals surface area contributed by atoms with Gasteiger partial charge in [0.25, 0.3) is 0 Å². The lowest BCUT2D eigenvalue weighted by molar-refractivity contribution is -0.107. The van der Waals surface area contributed by atoms with Crippen LogP contribution in [0.4, 0.5) is 5.82 Å². The number of nitrogens with zero attached hydrogens (tertiary/aromatic N) is 2. The van der Waals surface area contributed by atoms with Gasteiger partial charge in [0.2, 0.25) is 0 Å². The van der Waals surface area contributed by atoms with Gasteiger partial charge in [-0.25, -0.2) is 9.97 Å². The second-order valence-electron chi connectivity index (χ2n) is 5.52. The molecule has 0 unspecified atom stereocenters. The molecule has 3 aromatic rings. The number of hydrogen-bond donors (Lipinski definition) is 1. The number of aromatic nitrogens is 2. The van der Waals surface area contributed by atoms with E-state index in [1.807, 2.05) is 12.1 Å². The largest absolute Gasteiger partial charge is 0.366 e. The van der Waals surface area contributed by atoms with Crippen LogP contribution in [0.3, 0.4) is 0 Å². The third-order valence-corrected chi connectivity index (χ3v) is 5.76. The van der Waals surface area contributed by atoms with E-state index in [4.69, 9.17) is 0 Å². The first-order valence-corrected chi connectivity index (χ1v) is 9.22. The molecule has 6 heteroatoms. The van der Waals surface area contributed by atoms with Crippen molar-refractivity contribution in [3.63, 3.8) is 0 Å². The molecule has 1 fully saturated rings. The predicted molar refractivity (Wildman–Crippen MR) is 97.1 cm³/mol. The molecule has 0 atom stereocenters. The number of hydrogen-bond acceptors (Lipinski definition) is 6. The molecule has 1 aliphatic rings. The second-order valence-corrected chi connectivity index (χ2v) is 7.60. The summed E-state index contributed by atoms with van der Waals surface area (Å²) in [4.78, 5) is 21.6. The van der Waals surface area contributed by atoms with E-state index in [1.54, 1.807) is 29.0 Å². The summed E-state index contributed by atoms with van der Waals surface area (Å²) >= 11 is 3.32. The molecule has 23 heavy (non-hydrogen) atoms. The smallest absolute Gasteiger partial charge is 0.147 e. The lowest BCUT2D eigenvalue weighted by atomic mass is 10.2. The highest BCUT2D eigenvalue weighted by Gasteiger charge is 2.22. The number of carbonyl (C=O) groups excluding carboxylic acids is 1. The summed E-state index contributed by atoms with van der Waals surface area (Å²) in [7, 11) is 0. The third kappa shape index (κ3) is 3.18. The molecule has 4 rings (SSSR count). The minimum atomic E-state index is 0.489. The van der Waals surface area contributed by atoms with E-state index in [0.29, 0.717) is 12.5 Å². The van der Waals surface area contributed by atoms with E-state index in [2.05, 4.69) is 32.8 Å². The summed E-state index contributed by atoms with van der Waals surface area (Å²) < 4.78 is 1.12. The van der Waals surface area contributed by atoms with Crippen LogP contribution in [-0.4, -0.2) is 22.3 Å². The van der Waals surface area contributed by atoms with Crippen LogP contribution in [0.5, 0.6) is 0 Å². The van der Waals surface area contributed by atoms with Gasteiger partial charge in [-0.15, -0.1) is 22.7 Å².